The SMILES string of the molecule is Cc1cccc(CN2CCCC2CCN(C)C)c1. The Morgan fingerprint density at radius 2 is 2.17 bits per heavy atom. The maximum atomic E-state index is 2.66. The van der Waals surface area contributed by atoms with E-state index in [1.54, 1.807) is 0 Å². The molecule has 0 radical (unpaired) electrons. The third kappa shape index (κ3) is 3.82. The van der Waals surface area contributed by atoms with Crippen LogP contribution in [0.4, 0.5) is 0 Å². The molecule has 0 aromatic heterocycles. The highest BCUT2D eigenvalue weighted by Gasteiger charge is 2.24. The first-order valence-electron chi connectivity index (χ1n) is 7.09. The third-order valence-corrected chi connectivity index (χ3v) is 3.88. The second-order valence-electron chi connectivity index (χ2n) is 5.85. The standard InChI is InChI=1S/C16H26N2/c1-14-6-4-7-15(12-14)13-18-10-5-8-16(18)9-11-17(2)3/h4,6-7,12,16H,5,8-11,13H2,1-3H3. The van der Waals surface area contributed by atoms with Gasteiger partial charge in [-0.25, -0.2) is 0 Å². The molecule has 1 aliphatic rings. The number of likely N-dealkylation sites (tertiary alicyclic amines) is 1. The molecule has 18 heavy (non-hydrogen) atoms. The molecule has 0 spiro atoms. The molecule has 1 atom stereocenters. The van der Waals surface area contributed by atoms with Crippen molar-refractivity contribution < 1.29 is 0 Å². The lowest BCUT2D eigenvalue weighted by molar-refractivity contribution is 0.218. The van der Waals surface area contributed by atoms with Crippen molar-refractivity contribution in [3.63, 3.8) is 0 Å². The molecule has 0 bridgehead atoms. The van der Waals surface area contributed by atoms with Crippen molar-refractivity contribution in [2.45, 2.75) is 38.8 Å². The van der Waals surface area contributed by atoms with Crippen LogP contribution in [0, 0.1) is 6.92 Å². The number of hydrogen-bond donors (Lipinski definition) is 0. The molecule has 100 valence electrons. The van der Waals surface area contributed by atoms with Gasteiger partial charge in [-0.05, 0) is 58.9 Å². The summed E-state index contributed by atoms with van der Waals surface area (Å²) in [5.74, 6) is 0. The van der Waals surface area contributed by atoms with Crippen LogP contribution < -0.4 is 0 Å². The van der Waals surface area contributed by atoms with Gasteiger partial charge < -0.3 is 4.90 Å². The van der Waals surface area contributed by atoms with Crippen molar-refractivity contribution in [1.82, 2.24) is 9.80 Å². The average molecular weight is 246 g/mol. The van der Waals surface area contributed by atoms with E-state index in [2.05, 4.69) is 55.1 Å². The highest BCUT2D eigenvalue weighted by Crippen LogP contribution is 2.22. The van der Waals surface area contributed by atoms with Crippen LogP contribution in [-0.2, 0) is 6.54 Å². The zero-order valence-electron chi connectivity index (χ0n) is 12.0. The van der Waals surface area contributed by atoms with Crippen molar-refractivity contribution in [1.29, 1.82) is 0 Å². The lowest BCUT2D eigenvalue weighted by atomic mass is 10.1. The number of benzene rings is 1. The molecule has 1 saturated heterocycles. The van der Waals surface area contributed by atoms with Crippen LogP contribution in [0.15, 0.2) is 24.3 Å². The summed E-state index contributed by atoms with van der Waals surface area (Å²) in [5.41, 5.74) is 2.84. The number of nitrogens with zero attached hydrogens (tertiary/aromatic N) is 2. The monoisotopic (exact) mass is 246 g/mol. The molecule has 0 N–H and O–H groups in total. The Labute approximate surface area is 112 Å². The van der Waals surface area contributed by atoms with Crippen LogP contribution in [0.3, 0.4) is 0 Å². The minimum absolute atomic E-state index is 0.785. The van der Waals surface area contributed by atoms with Gasteiger partial charge in [0.1, 0.15) is 0 Å². The fourth-order valence-corrected chi connectivity index (χ4v) is 2.88. The molecule has 0 aliphatic carbocycles. The van der Waals surface area contributed by atoms with Crippen molar-refractivity contribution >= 4 is 0 Å². The Bertz CT molecular complexity index is 373. The molecular weight excluding hydrogens is 220 g/mol. The Morgan fingerprint density at radius 1 is 1.33 bits per heavy atom. The van der Waals surface area contributed by atoms with E-state index in [-0.39, 0.29) is 0 Å². The second kappa shape index (κ2) is 6.35. The molecule has 0 saturated carbocycles. The van der Waals surface area contributed by atoms with Gasteiger partial charge in [-0.2, -0.15) is 0 Å². The first-order valence-corrected chi connectivity index (χ1v) is 7.09. The molecule has 1 heterocycles. The van der Waals surface area contributed by atoms with E-state index in [9.17, 15) is 0 Å². The molecule has 1 aliphatic heterocycles. The molecule has 1 unspecified atom stereocenters. The molecular formula is C16H26N2. The van der Waals surface area contributed by atoms with Gasteiger partial charge in [0.25, 0.3) is 0 Å². The minimum Gasteiger partial charge on any atom is -0.309 e. The van der Waals surface area contributed by atoms with Gasteiger partial charge in [0.15, 0.2) is 0 Å². The maximum absolute atomic E-state index is 2.66. The zero-order valence-corrected chi connectivity index (χ0v) is 12.0. The van der Waals surface area contributed by atoms with Crippen LogP contribution >= 0.6 is 0 Å². The number of aryl methyl sites for hydroxylation is 1. The van der Waals surface area contributed by atoms with Crippen LogP contribution in [0.5, 0.6) is 0 Å². The van der Waals surface area contributed by atoms with Gasteiger partial charge in [-0.15, -0.1) is 0 Å². The number of rotatable bonds is 5. The Kier molecular flexibility index (Phi) is 4.79. The molecule has 2 nitrogen and oxygen atoms in total. The van der Waals surface area contributed by atoms with Gasteiger partial charge >= 0.3 is 0 Å². The van der Waals surface area contributed by atoms with Crippen molar-refractivity contribution in [2.75, 3.05) is 27.2 Å². The largest absolute Gasteiger partial charge is 0.309 e. The van der Waals surface area contributed by atoms with E-state index < -0.39 is 0 Å². The highest BCUT2D eigenvalue weighted by atomic mass is 15.2. The van der Waals surface area contributed by atoms with Crippen LogP contribution in [-0.4, -0.2) is 43.0 Å². The van der Waals surface area contributed by atoms with E-state index in [4.69, 9.17) is 0 Å². The summed E-state index contributed by atoms with van der Waals surface area (Å²) in [6.07, 6.45) is 4.04. The van der Waals surface area contributed by atoms with Crippen molar-refractivity contribution in [3.05, 3.63) is 35.4 Å². The van der Waals surface area contributed by atoms with Gasteiger partial charge in [0.2, 0.25) is 0 Å². The lowest BCUT2D eigenvalue weighted by Crippen LogP contribution is -2.31. The van der Waals surface area contributed by atoms with E-state index in [1.807, 2.05) is 0 Å². The van der Waals surface area contributed by atoms with Crippen LogP contribution in [0.1, 0.15) is 30.4 Å². The summed E-state index contributed by atoms with van der Waals surface area (Å²) in [7, 11) is 4.33. The maximum Gasteiger partial charge on any atom is 0.0236 e. The molecule has 2 heteroatoms. The van der Waals surface area contributed by atoms with E-state index in [1.165, 1.54) is 43.5 Å². The lowest BCUT2D eigenvalue weighted by Gasteiger charge is -2.25. The average Bonchev–Trinajstić information content (AvgIpc) is 2.74. The topological polar surface area (TPSA) is 6.48 Å². The fourth-order valence-electron chi connectivity index (χ4n) is 2.88. The summed E-state index contributed by atoms with van der Waals surface area (Å²) in [6.45, 7) is 5.78. The molecule has 2 rings (SSSR count). The first-order chi connectivity index (χ1) is 8.65. The Morgan fingerprint density at radius 3 is 2.89 bits per heavy atom. The highest BCUT2D eigenvalue weighted by molar-refractivity contribution is 5.22. The zero-order chi connectivity index (χ0) is 13.0. The van der Waals surface area contributed by atoms with Gasteiger partial charge in [0, 0.05) is 12.6 Å². The second-order valence-corrected chi connectivity index (χ2v) is 5.85. The molecule has 1 fully saturated rings. The third-order valence-electron chi connectivity index (χ3n) is 3.88. The molecule has 1 aromatic carbocycles. The van der Waals surface area contributed by atoms with Gasteiger partial charge in [0.05, 0.1) is 0 Å². The normalized spacial score (nSPS) is 20.8. The predicted molar refractivity (Wildman–Crippen MR) is 77.8 cm³/mol. The minimum atomic E-state index is 0.785. The van der Waals surface area contributed by atoms with Gasteiger partial charge in [-0.3, -0.25) is 4.90 Å². The Hall–Kier alpha value is -0.860. The molecule has 0 amide bonds. The predicted octanol–water partition coefficient (Wildman–Crippen LogP) is 2.91. The quantitative estimate of drug-likeness (QED) is 0.788. The first kappa shape index (κ1) is 13.6. The van der Waals surface area contributed by atoms with E-state index >= 15 is 0 Å². The van der Waals surface area contributed by atoms with E-state index in [0.29, 0.717) is 0 Å². The van der Waals surface area contributed by atoms with Gasteiger partial charge in [-0.1, -0.05) is 29.8 Å². The van der Waals surface area contributed by atoms with Crippen LogP contribution in [0.25, 0.3) is 0 Å². The summed E-state index contributed by atoms with van der Waals surface area (Å²) in [4.78, 5) is 4.96. The van der Waals surface area contributed by atoms with E-state index in [0.717, 1.165) is 12.6 Å². The fraction of sp³-hybridized carbons (Fsp3) is 0.625. The van der Waals surface area contributed by atoms with Crippen molar-refractivity contribution in [2.24, 2.45) is 0 Å². The summed E-state index contributed by atoms with van der Waals surface area (Å²) in [5, 5.41) is 0. The smallest absolute Gasteiger partial charge is 0.0236 e. The summed E-state index contributed by atoms with van der Waals surface area (Å²) >= 11 is 0. The number of hydrogen-bond acceptors (Lipinski definition) is 2. The summed E-state index contributed by atoms with van der Waals surface area (Å²) in [6, 6.07) is 9.72. The van der Waals surface area contributed by atoms with Crippen molar-refractivity contribution in [3.8, 4) is 0 Å². The van der Waals surface area contributed by atoms with Crippen LogP contribution in [0.2, 0.25) is 0 Å². The Balaban J connectivity index is 1.91. The summed E-state index contributed by atoms with van der Waals surface area (Å²) < 4.78 is 0. The molecule has 1 aromatic rings.